The molecule has 0 aliphatic carbocycles. The Bertz CT molecular complexity index is 467. The van der Waals surface area contributed by atoms with Crippen LogP contribution in [0.4, 0.5) is 0 Å². The summed E-state index contributed by atoms with van der Waals surface area (Å²) in [5.74, 6) is 0.524. The van der Waals surface area contributed by atoms with Crippen molar-refractivity contribution >= 4 is 12.0 Å². The van der Waals surface area contributed by atoms with E-state index in [1.807, 2.05) is 31.3 Å². The lowest BCUT2D eigenvalue weighted by Crippen LogP contribution is -2.37. The summed E-state index contributed by atoms with van der Waals surface area (Å²) in [6.07, 6.45) is 5.29. The summed E-state index contributed by atoms with van der Waals surface area (Å²) in [5, 5.41) is 0. The molecule has 1 aliphatic heterocycles. The fraction of sp³-hybridized carbons (Fsp3) is 0.438. The maximum Gasteiger partial charge on any atom is 0.331 e. The molecule has 0 aromatic heterocycles. The Balaban J connectivity index is 1.85. The monoisotopic (exact) mass is 275 g/mol. The standard InChI is InChI=1S/C16H21NO3/c1-17-11-3-4-15(12-17)20-16(18)10-7-13-5-8-14(19-2)9-6-13/h5-10,15H,3-4,11-12H2,1-2H3/b10-7+/t15-/m0/s1. The number of nitrogens with zero attached hydrogens (tertiary/aromatic N) is 1. The molecular weight excluding hydrogens is 254 g/mol. The van der Waals surface area contributed by atoms with Gasteiger partial charge in [-0.1, -0.05) is 12.1 Å². The minimum atomic E-state index is -0.277. The van der Waals surface area contributed by atoms with Crippen molar-refractivity contribution in [3.05, 3.63) is 35.9 Å². The largest absolute Gasteiger partial charge is 0.497 e. The second-order valence-electron chi connectivity index (χ2n) is 5.07. The number of ether oxygens (including phenoxy) is 2. The van der Waals surface area contributed by atoms with Gasteiger partial charge in [0.1, 0.15) is 11.9 Å². The number of esters is 1. The zero-order chi connectivity index (χ0) is 14.4. The van der Waals surface area contributed by atoms with Gasteiger partial charge in [0.05, 0.1) is 7.11 Å². The van der Waals surface area contributed by atoms with E-state index in [9.17, 15) is 4.79 Å². The van der Waals surface area contributed by atoms with E-state index >= 15 is 0 Å². The number of rotatable bonds is 4. The van der Waals surface area contributed by atoms with E-state index in [0.29, 0.717) is 0 Å². The molecule has 0 amide bonds. The molecule has 1 fully saturated rings. The van der Waals surface area contributed by atoms with Crippen molar-refractivity contribution in [1.29, 1.82) is 0 Å². The Morgan fingerprint density at radius 3 is 2.75 bits per heavy atom. The highest BCUT2D eigenvalue weighted by Gasteiger charge is 2.19. The van der Waals surface area contributed by atoms with Crippen LogP contribution in [0.5, 0.6) is 5.75 Å². The molecular formula is C16H21NO3. The molecule has 0 unspecified atom stereocenters. The maximum atomic E-state index is 11.8. The fourth-order valence-electron chi connectivity index (χ4n) is 2.30. The van der Waals surface area contributed by atoms with E-state index in [4.69, 9.17) is 9.47 Å². The molecule has 4 heteroatoms. The van der Waals surface area contributed by atoms with E-state index in [1.165, 1.54) is 6.08 Å². The molecule has 0 spiro atoms. The molecule has 108 valence electrons. The van der Waals surface area contributed by atoms with Gasteiger partial charge in [-0.15, -0.1) is 0 Å². The number of carbonyl (C=O) groups excluding carboxylic acids is 1. The Morgan fingerprint density at radius 1 is 1.35 bits per heavy atom. The second kappa shape index (κ2) is 7.10. The number of benzene rings is 1. The minimum absolute atomic E-state index is 0.0155. The lowest BCUT2D eigenvalue weighted by atomic mass is 10.1. The number of hydrogen-bond acceptors (Lipinski definition) is 4. The topological polar surface area (TPSA) is 38.8 Å². The van der Waals surface area contributed by atoms with Crippen LogP contribution in [-0.4, -0.2) is 44.2 Å². The number of methoxy groups -OCH3 is 1. The van der Waals surface area contributed by atoms with Crippen LogP contribution in [0.15, 0.2) is 30.3 Å². The highest BCUT2D eigenvalue weighted by molar-refractivity contribution is 5.87. The lowest BCUT2D eigenvalue weighted by Gasteiger charge is -2.28. The molecule has 1 saturated heterocycles. The van der Waals surface area contributed by atoms with Gasteiger partial charge < -0.3 is 14.4 Å². The molecule has 1 aliphatic rings. The molecule has 1 aromatic rings. The Morgan fingerprint density at radius 2 is 2.10 bits per heavy atom. The lowest BCUT2D eigenvalue weighted by molar-refractivity contribution is -0.145. The highest BCUT2D eigenvalue weighted by Crippen LogP contribution is 2.14. The molecule has 0 N–H and O–H groups in total. The van der Waals surface area contributed by atoms with Crippen LogP contribution >= 0.6 is 0 Å². The van der Waals surface area contributed by atoms with Gasteiger partial charge >= 0.3 is 5.97 Å². The van der Waals surface area contributed by atoms with Crippen molar-refractivity contribution < 1.29 is 14.3 Å². The quantitative estimate of drug-likeness (QED) is 0.624. The predicted molar refractivity (Wildman–Crippen MR) is 78.6 cm³/mol. The van der Waals surface area contributed by atoms with E-state index in [-0.39, 0.29) is 12.1 Å². The van der Waals surface area contributed by atoms with Crippen LogP contribution < -0.4 is 4.74 Å². The minimum Gasteiger partial charge on any atom is -0.497 e. The van der Waals surface area contributed by atoms with Crippen LogP contribution in [-0.2, 0) is 9.53 Å². The smallest absolute Gasteiger partial charge is 0.331 e. The molecule has 1 atom stereocenters. The fourth-order valence-corrected chi connectivity index (χ4v) is 2.30. The molecule has 20 heavy (non-hydrogen) atoms. The molecule has 0 bridgehead atoms. The van der Waals surface area contributed by atoms with Gasteiger partial charge in [-0.25, -0.2) is 4.79 Å². The van der Waals surface area contributed by atoms with Crippen molar-refractivity contribution in [3.8, 4) is 5.75 Å². The van der Waals surface area contributed by atoms with Crippen LogP contribution in [0.3, 0.4) is 0 Å². The second-order valence-corrected chi connectivity index (χ2v) is 5.07. The number of carbonyl (C=O) groups is 1. The Kier molecular flexibility index (Phi) is 5.18. The van der Waals surface area contributed by atoms with Crippen LogP contribution in [0.2, 0.25) is 0 Å². The number of hydrogen-bond donors (Lipinski definition) is 0. The van der Waals surface area contributed by atoms with Crippen LogP contribution in [0, 0.1) is 0 Å². The van der Waals surface area contributed by atoms with E-state index in [2.05, 4.69) is 4.90 Å². The molecule has 4 nitrogen and oxygen atoms in total. The van der Waals surface area contributed by atoms with Gasteiger partial charge in [0.2, 0.25) is 0 Å². The molecule has 0 saturated carbocycles. The molecule has 2 rings (SSSR count). The first kappa shape index (κ1) is 14.6. The summed E-state index contributed by atoms with van der Waals surface area (Å²) in [6.45, 7) is 1.90. The Labute approximate surface area is 120 Å². The molecule has 0 radical (unpaired) electrons. The number of likely N-dealkylation sites (tertiary alicyclic amines) is 1. The summed E-state index contributed by atoms with van der Waals surface area (Å²) < 4.78 is 10.5. The molecule has 1 aromatic carbocycles. The third-order valence-electron chi connectivity index (χ3n) is 3.39. The van der Waals surface area contributed by atoms with Gasteiger partial charge in [0.15, 0.2) is 0 Å². The summed E-state index contributed by atoms with van der Waals surface area (Å²) >= 11 is 0. The first-order valence-electron chi connectivity index (χ1n) is 6.88. The van der Waals surface area contributed by atoms with Crippen molar-refractivity contribution in [2.24, 2.45) is 0 Å². The van der Waals surface area contributed by atoms with Crippen molar-refractivity contribution in [2.75, 3.05) is 27.2 Å². The van der Waals surface area contributed by atoms with Crippen molar-refractivity contribution in [3.63, 3.8) is 0 Å². The zero-order valence-electron chi connectivity index (χ0n) is 12.0. The highest BCUT2D eigenvalue weighted by atomic mass is 16.5. The van der Waals surface area contributed by atoms with Crippen molar-refractivity contribution in [1.82, 2.24) is 4.90 Å². The average molecular weight is 275 g/mol. The van der Waals surface area contributed by atoms with E-state index in [1.54, 1.807) is 13.2 Å². The van der Waals surface area contributed by atoms with Gasteiger partial charge in [0, 0.05) is 12.6 Å². The van der Waals surface area contributed by atoms with Gasteiger partial charge in [-0.2, -0.15) is 0 Å². The van der Waals surface area contributed by atoms with E-state index in [0.717, 1.165) is 37.2 Å². The molecule has 1 heterocycles. The first-order chi connectivity index (χ1) is 9.67. The third kappa shape index (κ3) is 4.38. The summed E-state index contributed by atoms with van der Waals surface area (Å²) in [4.78, 5) is 14.0. The summed E-state index contributed by atoms with van der Waals surface area (Å²) in [5.41, 5.74) is 0.948. The summed E-state index contributed by atoms with van der Waals surface area (Å²) in [7, 11) is 3.68. The average Bonchev–Trinajstić information content (AvgIpc) is 2.46. The van der Waals surface area contributed by atoms with Crippen LogP contribution in [0.1, 0.15) is 18.4 Å². The van der Waals surface area contributed by atoms with E-state index < -0.39 is 0 Å². The van der Waals surface area contributed by atoms with Gasteiger partial charge in [-0.05, 0) is 50.2 Å². The zero-order valence-corrected chi connectivity index (χ0v) is 12.0. The van der Waals surface area contributed by atoms with Crippen molar-refractivity contribution in [2.45, 2.75) is 18.9 Å². The first-order valence-corrected chi connectivity index (χ1v) is 6.88. The SMILES string of the molecule is COc1ccc(/C=C/C(=O)O[C@H]2CCCN(C)C2)cc1. The third-order valence-corrected chi connectivity index (χ3v) is 3.39. The van der Waals surface area contributed by atoms with Gasteiger partial charge in [-0.3, -0.25) is 0 Å². The normalized spacial score (nSPS) is 20.0. The maximum absolute atomic E-state index is 11.8. The Hall–Kier alpha value is -1.81. The number of piperidine rings is 1. The predicted octanol–water partition coefficient (Wildman–Crippen LogP) is 2.35. The van der Waals surface area contributed by atoms with Gasteiger partial charge in [0.25, 0.3) is 0 Å². The van der Waals surface area contributed by atoms with Crippen LogP contribution in [0.25, 0.3) is 6.08 Å². The summed E-state index contributed by atoms with van der Waals surface area (Å²) in [6, 6.07) is 7.52. The number of likely N-dealkylation sites (N-methyl/N-ethyl adjacent to an activating group) is 1.